The number of aromatic nitrogens is 2. The first-order valence-corrected chi connectivity index (χ1v) is 12.7. The number of fused-ring (bicyclic) bond motifs is 1. The van der Waals surface area contributed by atoms with Crippen molar-refractivity contribution in [3.8, 4) is 17.9 Å². The Kier molecular flexibility index (Phi) is 6.90. The number of nitriles is 1. The molecule has 1 aliphatic rings. The molecule has 0 amide bonds. The molecule has 1 aliphatic heterocycles. The predicted octanol–water partition coefficient (Wildman–Crippen LogP) is 3.92. The van der Waals surface area contributed by atoms with Crippen LogP contribution in [0.15, 0.2) is 42.6 Å². The van der Waals surface area contributed by atoms with Crippen LogP contribution in [0.4, 0.5) is 24.5 Å². The number of halogens is 3. The van der Waals surface area contributed by atoms with E-state index in [0.29, 0.717) is 35.1 Å². The predicted molar refractivity (Wildman–Crippen MR) is 128 cm³/mol. The highest BCUT2D eigenvalue weighted by Crippen LogP contribution is 2.31. The Balaban J connectivity index is 1.58. The Labute approximate surface area is 200 Å². The molecule has 35 heavy (non-hydrogen) atoms. The highest BCUT2D eigenvalue weighted by molar-refractivity contribution is 7.91. The van der Waals surface area contributed by atoms with Crippen LogP contribution in [0, 0.1) is 23.2 Å². The van der Waals surface area contributed by atoms with E-state index in [-0.39, 0.29) is 35.5 Å². The van der Waals surface area contributed by atoms with E-state index in [0.717, 1.165) is 4.57 Å². The van der Waals surface area contributed by atoms with E-state index in [2.05, 4.69) is 27.5 Å². The summed E-state index contributed by atoms with van der Waals surface area (Å²) in [6.45, 7) is -1.01. The van der Waals surface area contributed by atoms with Crippen molar-refractivity contribution in [3.63, 3.8) is 0 Å². The van der Waals surface area contributed by atoms with Gasteiger partial charge >= 0.3 is 6.18 Å². The third kappa shape index (κ3) is 6.25. The number of rotatable bonds is 5. The summed E-state index contributed by atoms with van der Waals surface area (Å²) in [6, 6.07) is 11.8. The maximum atomic E-state index is 13.4. The van der Waals surface area contributed by atoms with Gasteiger partial charge in [0, 0.05) is 17.1 Å². The molecular formula is C24H22F3N5O2S. The van der Waals surface area contributed by atoms with Crippen LogP contribution in [-0.4, -0.2) is 48.2 Å². The molecule has 4 rings (SSSR count). The fourth-order valence-electron chi connectivity index (χ4n) is 3.96. The number of hydrogen-bond donors (Lipinski definition) is 2. The second-order valence-corrected chi connectivity index (χ2v) is 10.5. The molecule has 0 spiro atoms. The summed E-state index contributed by atoms with van der Waals surface area (Å²) in [4.78, 5) is 3.94. The number of pyridine rings is 1. The van der Waals surface area contributed by atoms with Crippen LogP contribution < -0.4 is 10.6 Å². The molecule has 1 fully saturated rings. The van der Waals surface area contributed by atoms with E-state index >= 15 is 0 Å². The van der Waals surface area contributed by atoms with Crippen molar-refractivity contribution >= 4 is 32.1 Å². The Morgan fingerprint density at radius 3 is 2.60 bits per heavy atom. The number of anilines is 2. The fourth-order valence-corrected chi connectivity index (χ4v) is 5.45. The lowest BCUT2D eigenvalue weighted by molar-refractivity contribution is -0.140. The molecule has 0 atom stereocenters. The van der Waals surface area contributed by atoms with Gasteiger partial charge in [-0.05, 0) is 49.1 Å². The van der Waals surface area contributed by atoms with Crippen molar-refractivity contribution in [2.75, 3.05) is 28.7 Å². The van der Waals surface area contributed by atoms with Crippen LogP contribution >= 0.6 is 0 Å². The lowest BCUT2D eigenvalue weighted by atomic mass is 10.1. The van der Waals surface area contributed by atoms with Gasteiger partial charge in [0.15, 0.2) is 0 Å². The van der Waals surface area contributed by atoms with Crippen molar-refractivity contribution in [1.82, 2.24) is 9.55 Å². The highest BCUT2D eigenvalue weighted by atomic mass is 32.2. The Hall–Kier alpha value is -3.70. The van der Waals surface area contributed by atoms with Gasteiger partial charge in [-0.2, -0.15) is 18.4 Å². The first kappa shape index (κ1) is 24.4. The van der Waals surface area contributed by atoms with E-state index in [9.17, 15) is 21.6 Å². The number of hydrogen-bond acceptors (Lipinski definition) is 6. The lowest BCUT2D eigenvalue weighted by Gasteiger charge is -2.24. The number of sulfone groups is 1. The van der Waals surface area contributed by atoms with Crippen molar-refractivity contribution in [2.45, 2.75) is 31.6 Å². The minimum atomic E-state index is -4.43. The summed E-state index contributed by atoms with van der Waals surface area (Å²) in [6.07, 6.45) is -2.06. The zero-order chi connectivity index (χ0) is 25.1. The third-order valence-corrected chi connectivity index (χ3v) is 7.39. The first-order valence-electron chi connectivity index (χ1n) is 10.9. The van der Waals surface area contributed by atoms with Gasteiger partial charge < -0.3 is 15.2 Å². The normalized spacial score (nSPS) is 15.7. The van der Waals surface area contributed by atoms with E-state index in [1.807, 2.05) is 6.07 Å². The quantitative estimate of drug-likeness (QED) is 0.514. The Bertz CT molecular complexity index is 1410. The molecule has 1 aromatic carbocycles. The minimum Gasteiger partial charge on any atom is -0.382 e. The van der Waals surface area contributed by atoms with E-state index in [4.69, 9.17) is 5.26 Å². The summed E-state index contributed by atoms with van der Waals surface area (Å²) < 4.78 is 64.6. The number of benzene rings is 1. The number of alkyl halides is 3. The van der Waals surface area contributed by atoms with Crippen molar-refractivity contribution in [2.24, 2.45) is 0 Å². The topological polar surface area (TPSA) is 99.8 Å². The average molecular weight is 502 g/mol. The summed E-state index contributed by atoms with van der Waals surface area (Å²) in [5.41, 5.74) is 2.17. The smallest absolute Gasteiger partial charge is 0.382 e. The van der Waals surface area contributed by atoms with Gasteiger partial charge in [0.25, 0.3) is 0 Å². The maximum absolute atomic E-state index is 13.4. The molecule has 0 saturated carbocycles. The third-order valence-electron chi connectivity index (χ3n) is 5.67. The Morgan fingerprint density at radius 2 is 1.94 bits per heavy atom. The Morgan fingerprint density at radius 1 is 1.17 bits per heavy atom. The summed E-state index contributed by atoms with van der Waals surface area (Å²) >= 11 is 0. The molecule has 7 nitrogen and oxygen atoms in total. The standard InChI is InChI=1S/C24H22F3N5O2S/c25-24(26,27)16-32-20(3-2-10-29-19-7-6-18(14-28)30-15-19)13-21-22(4-1-5-23(21)32)31-17-8-11-35(33,34)12-9-17/h1,4-7,13,15,17,29,31H,8-12,16H2. The minimum absolute atomic E-state index is 0.0742. The average Bonchev–Trinajstić information content (AvgIpc) is 3.15. The first-order chi connectivity index (χ1) is 16.6. The molecule has 1 saturated heterocycles. The van der Waals surface area contributed by atoms with Crippen LogP contribution in [0.3, 0.4) is 0 Å². The van der Waals surface area contributed by atoms with E-state index in [1.165, 1.54) is 6.20 Å². The summed E-state index contributed by atoms with van der Waals surface area (Å²) in [7, 11) is -3.02. The molecule has 11 heteroatoms. The van der Waals surface area contributed by atoms with Crippen LogP contribution in [-0.2, 0) is 16.4 Å². The van der Waals surface area contributed by atoms with Gasteiger partial charge in [0.1, 0.15) is 28.1 Å². The molecule has 0 radical (unpaired) electrons. The SMILES string of the molecule is N#Cc1ccc(NCC#Cc2cc3c(NC4CCS(=O)(=O)CC4)cccc3n2CC(F)(F)F)cn1. The molecule has 2 aromatic heterocycles. The maximum Gasteiger partial charge on any atom is 0.406 e. The zero-order valence-corrected chi connectivity index (χ0v) is 19.4. The van der Waals surface area contributed by atoms with Crippen molar-refractivity contribution < 1.29 is 21.6 Å². The molecule has 3 aromatic rings. The monoisotopic (exact) mass is 501 g/mol. The van der Waals surface area contributed by atoms with Gasteiger partial charge in [-0.15, -0.1) is 0 Å². The fraction of sp³-hybridized carbons (Fsp3) is 0.333. The second-order valence-electron chi connectivity index (χ2n) is 8.24. The number of nitrogens with one attached hydrogen (secondary N) is 2. The zero-order valence-electron chi connectivity index (χ0n) is 18.6. The van der Waals surface area contributed by atoms with Crippen LogP contribution in [0.25, 0.3) is 10.9 Å². The lowest BCUT2D eigenvalue weighted by Crippen LogP contribution is -2.32. The van der Waals surface area contributed by atoms with Crippen LogP contribution in [0.5, 0.6) is 0 Å². The van der Waals surface area contributed by atoms with Crippen molar-refractivity contribution in [3.05, 3.63) is 54.0 Å². The highest BCUT2D eigenvalue weighted by Gasteiger charge is 2.30. The molecule has 0 bridgehead atoms. The molecule has 0 unspecified atom stereocenters. The van der Waals surface area contributed by atoms with E-state index in [1.54, 1.807) is 36.4 Å². The van der Waals surface area contributed by atoms with Crippen molar-refractivity contribution in [1.29, 1.82) is 5.26 Å². The molecule has 3 heterocycles. The molecular weight excluding hydrogens is 479 g/mol. The van der Waals surface area contributed by atoms with Gasteiger partial charge in [-0.3, -0.25) is 0 Å². The largest absolute Gasteiger partial charge is 0.406 e. The number of nitrogens with zero attached hydrogens (tertiary/aromatic N) is 3. The van der Waals surface area contributed by atoms with E-state index < -0.39 is 22.6 Å². The molecule has 182 valence electrons. The molecule has 0 aliphatic carbocycles. The summed E-state index contributed by atoms with van der Waals surface area (Å²) in [5.74, 6) is 5.86. The van der Waals surface area contributed by atoms with Gasteiger partial charge in [-0.25, -0.2) is 13.4 Å². The van der Waals surface area contributed by atoms with Gasteiger partial charge in [0.2, 0.25) is 0 Å². The second kappa shape index (κ2) is 9.88. The van der Waals surface area contributed by atoms with Gasteiger partial charge in [0.05, 0.1) is 41.1 Å². The van der Waals surface area contributed by atoms with Crippen LogP contribution in [0.2, 0.25) is 0 Å². The molecule has 2 N–H and O–H groups in total. The summed E-state index contributed by atoms with van der Waals surface area (Å²) in [5, 5.41) is 15.7. The van der Waals surface area contributed by atoms with Crippen LogP contribution in [0.1, 0.15) is 24.2 Å². The van der Waals surface area contributed by atoms with Gasteiger partial charge in [-0.1, -0.05) is 12.0 Å².